The molecule has 0 fully saturated rings. The van der Waals surface area contributed by atoms with Crippen LogP contribution in [0.1, 0.15) is 13.8 Å². The van der Waals surface area contributed by atoms with E-state index in [-0.39, 0.29) is 5.57 Å². The second-order valence-electron chi connectivity index (χ2n) is 3.93. The molecular formula is C9H12N2O4. The smallest absolute Gasteiger partial charge is 0.339 e. The minimum Gasteiger partial charge on any atom is -0.478 e. The van der Waals surface area contributed by atoms with Crippen molar-refractivity contribution in [3.63, 3.8) is 0 Å². The highest BCUT2D eigenvalue weighted by Gasteiger charge is 2.42. The van der Waals surface area contributed by atoms with Gasteiger partial charge < -0.3 is 10.8 Å². The van der Waals surface area contributed by atoms with Gasteiger partial charge in [-0.25, -0.2) is 4.79 Å². The number of aliphatic carboxylic acids is 1. The van der Waals surface area contributed by atoms with Gasteiger partial charge in [-0.3, -0.25) is 10.1 Å². The number of rotatable bonds is 2. The fraction of sp³-hybridized carbons (Fsp3) is 0.444. The zero-order valence-corrected chi connectivity index (χ0v) is 8.43. The molecule has 0 spiro atoms. The predicted molar refractivity (Wildman–Crippen MR) is 52.6 cm³/mol. The number of carboxylic acids is 1. The first kappa shape index (κ1) is 11.4. The second-order valence-corrected chi connectivity index (χ2v) is 3.93. The van der Waals surface area contributed by atoms with Gasteiger partial charge in [-0.1, -0.05) is 19.9 Å². The molecule has 0 bridgehead atoms. The minimum atomic E-state index is -1.30. The molecule has 6 heteroatoms. The Morgan fingerprint density at radius 2 is 2.20 bits per heavy atom. The molecule has 15 heavy (non-hydrogen) atoms. The number of nitrogens with two attached hydrogens (primary N) is 1. The molecule has 1 atom stereocenters. The summed E-state index contributed by atoms with van der Waals surface area (Å²) < 4.78 is 0. The van der Waals surface area contributed by atoms with Crippen LogP contribution in [0, 0.1) is 15.5 Å². The molecule has 0 unspecified atom stereocenters. The van der Waals surface area contributed by atoms with E-state index < -0.39 is 28.0 Å². The third-order valence-corrected chi connectivity index (χ3v) is 2.61. The average molecular weight is 212 g/mol. The van der Waals surface area contributed by atoms with Crippen molar-refractivity contribution in [3.8, 4) is 0 Å². The Morgan fingerprint density at radius 3 is 2.60 bits per heavy atom. The molecule has 0 aromatic carbocycles. The topological polar surface area (TPSA) is 106 Å². The summed E-state index contributed by atoms with van der Waals surface area (Å²) in [6.45, 7) is 3.16. The SMILES string of the molecule is CC1(C)C(C(=O)O)=C([N+](=O)[O-])C=C[C@@H]1N. The van der Waals surface area contributed by atoms with Gasteiger partial charge in [-0.05, 0) is 0 Å². The summed E-state index contributed by atoms with van der Waals surface area (Å²) in [5, 5.41) is 19.6. The van der Waals surface area contributed by atoms with Crippen LogP contribution in [-0.2, 0) is 4.79 Å². The third-order valence-electron chi connectivity index (χ3n) is 2.61. The zero-order chi connectivity index (χ0) is 11.8. The maximum absolute atomic E-state index is 11.0. The molecule has 0 aromatic rings. The predicted octanol–water partition coefficient (Wildman–Crippen LogP) is 0.525. The van der Waals surface area contributed by atoms with E-state index in [1.807, 2.05) is 0 Å². The summed E-state index contributed by atoms with van der Waals surface area (Å²) in [5.74, 6) is -1.30. The zero-order valence-electron chi connectivity index (χ0n) is 8.43. The van der Waals surface area contributed by atoms with Crippen molar-refractivity contribution >= 4 is 5.97 Å². The molecule has 6 nitrogen and oxygen atoms in total. The number of carbonyl (C=O) groups is 1. The molecule has 0 heterocycles. The standard InChI is InChI=1S/C9H12N2O4/c1-9(2)6(10)4-3-5(11(14)15)7(9)8(12)13/h3-4,6H,10H2,1-2H3,(H,12,13)/t6-/m0/s1. The lowest BCUT2D eigenvalue weighted by Crippen LogP contribution is -2.42. The largest absolute Gasteiger partial charge is 0.478 e. The van der Waals surface area contributed by atoms with E-state index in [2.05, 4.69) is 0 Å². The van der Waals surface area contributed by atoms with Crippen LogP contribution in [0.25, 0.3) is 0 Å². The van der Waals surface area contributed by atoms with Gasteiger partial charge in [0.25, 0.3) is 5.70 Å². The maximum atomic E-state index is 11.0. The van der Waals surface area contributed by atoms with Crippen molar-refractivity contribution in [1.82, 2.24) is 0 Å². The van der Waals surface area contributed by atoms with E-state index in [4.69, 9.17) is 10.8 Å². The van der Waals surface area contributed by atoms with Crippen LogP contribution in [0.15, 0.2) is 23.4 Å². The minimum absolute atomic E-state index is 0.248. The normalized spacial score (nSPS) is 24.1. The molecule has 3 N–H and O–H groups in total. The van der Waals surface area contributed by atoms with Gasteiger partial charge in [0.15, 0.2) is 0 Å². The fourth-order valence-electron chi connectivity index (χ4n) is 1.55. The highest BCUT2D eigenvalue weighted by Crippen LogP contribution is 2.36. The molecule has 0 radical (unpaired) electrons. The first-order valence-electron chi connectivity index (χ1n) is 4.34. The summed E-state index contributed by atoms with van der Waals surface area (Å²) in [5.41, 5.74) is 4.11. The molecule has 1 aliphatic rings. The van der Waals surface area contributed by atoms with Crippen molar-refractivity contribution in [2.24, 2.45) is 11.1 Å². The summed E-state index contributed by atoms with van der Waals surface area (Å²) in [6, 6.07) is -0.535. The van der Waals surface area contributed by atoms with Crippen molar-refractivity contribution in [2.75, 3.05) is 0 Å². The highest BCUT2D eigenvalue weighted by atomic mass is 16.6. The number of nitro groups is 1. The van der Waals surface area contributed by atoms with Crippen LogP contribution in [-0.4, -0.2) is 22.0 Å². The molecule has 1 rings (SSSR count). The quantitative estimate of drug-likeness (QED) is 0.512. The van der Waals surface area contributed by atoms with Gasteiger partial charge in [-0.2, -0.15) is 0 Å². The summed E-state index contributed by atoms with van der Waals surface area (Å²) >= 11 is 0. The molecule has 82 valence electrons. The Balaban J connectivity index is 3.41. The van der Waals surface area contributed by atoms with Gasteiger partial charge in [-0.15, -0.1) is 0 Å². The first-order chi connectivity index (χ1) is 6.78. The van der Waals surface area contributed by atoms with Gasteiger partial charge in [0.1, 0.15) is 5.57 Å². The van der Waals surface area contributed by atoms with E-state index in [0.717, 1.165) is 6.08 Å². The molecule has 0 amide bonds. The van der Waals surface area contributed by atoms with Crippen LogP contribution < -0.4 is 5.73 Å². The number of nitrogens with zero attached hydrogens (tertiary/aromatic N) is 1. The summed E-state index contributed by atoms with van der Waals surface area (Å²) in [6.07, 6.45) is 2.60. The lowest BCUT2D eigenvalue weighted by Gasteiger charge is -2.31. The van der Waals surface area contributed by atoms with E-state index in [9.17, 15) is 14.9 Å². The monoisotopic (exact) mass is 212 g/mol. The van der Waals surface area contributed by atoms with Gasteiger partial charge in [0, 0.05) is 17.5 Å². The van der Waals surface area contributed by atoms with Gasteiger partial charge >= 0.3 is 5.97 Å². The first-order valence-corrected chi connectivity index (χ1v) is 4.34. The van der Waals surface area contributed by atoms with E-state index in [1.54, 1.807) is 13.8 Å². The Labute approximate surface area is 86.2 Å². The van der Waals surface area contributed by atoms with Crippen LogP contribution in [0.3, 0.4) is 0 Å². The second kappa shape index (κ2) is 3.47. The van der Waals surface area contributed by atoms with Crippen molar-refractivity contribution in [1.29, 1.82) is 0 Å². The molecule has 1 aliphatic carbocycles. The fourth-order valence-corrected chi connectivity index (χ4v) is 1.55. The van der Waals surface area contributed by atoms with Gasteiger partial charge in [0.05, 0.1) is 4.92 Å². The molecule has 0 aliphatic heterocycles. The Morgan fingerprint density at radius 1 is 1.67 bits per heavy atom. The number of hydrogen-bond donors (Lipinski definition) is 2. The lowest BCUT2D eigenvalue weighted by atomic mass is 9.74. The molecule has 0 saturated carbocycles. The van der Waals surface area contributed by atoms with E-state index in [1.165, 1.54) is 6.08 Å². The van der Waals surface area contributed by atoms with Crippen LogP contribution in [0.4, 0.5) is 0 Å². The third kappa shape index (κ3) is 1.75. The van der Waals surface area contributed by atoms with E-state index >= 15 is 0 Å². The maximum Gasteiger partial charge on any atom is 0.339 e. The van der Waals surface area contributed by atoms with Crippen LogP contribution in [0.2, 0.25) is 0 Å². The molecule has 0 aromatic heterocycles. The number of allylic oxidation sites excluding steroid dienone is 1. The number of hydrogen-bond acceptors (Lipinski definition) is 4. The average Bonchev–Trinajstić information content (AvgIpc) is 2.07. The van der Waals surface area contributed by atoms with Crippen molar-refractivity contribution < 1.29 is 14.8 Å². The number of carboxylic acid groups (broad SMARTS) is 1. The molecule has 0 saturated heterocycles. The van der Waals surface area contributed by atoms with Crippen LogP contribution in [0.5, 0.6) is 0 Å². The summed E-state index contributed by atoms with van der Waals surface area (Å²) in [7, 11) is 0. The van der Waals surface area contributed by atoms with Crippen molar-refractivity contribution in [3.05, 3.63) is 33.5 Å². The Bertz CT molecular complexity index is 382. The Kier molecular flexibility index (Phi) is 2.63. The summed E-state index contributed by atoms with van der Waals surface area (Å²) in [4.78, 5) is 20.9. The van der Waals surface area contributed by atoms with Crippen molar-refractivity contribution in [2.45, 2.75) is 19.9 Å². The van der Waals surface area contributed by atoms with Crippen LogP contribution >= 0.6 is 0 Å². The highest BCUT2D eigenvalue weighted by molar-refractivity contribution is 5.89. The Hall–Kier alpha value is -1.69. The van der Waals surface area contributed by atoms with E-state index in [0.29, 0.717) is 0 Å². The molecular weight excluding hydrogens is 200 g/mol. The lowest BCUT2D eigenvalue weighted by molar-refractivity contribution is -0.421. The van der Waals surface area contributed by atoms with Gasteiger partial charge in [0.2, 0.25) is 0 Å².